The van der Waals surface area contributed by atoms with E-state index in [-0.39, 0.29) is 10.0 Å². The van der Waals surface area contributed by atoms with Gasteiger partial charge in [-0.15, -0.1) is 0 Å². The van der Waals surface area contributed by atoms with Crippen molar-refractivity contribution in [3.8, 4) is 5.69 Å². The number of carboxylic acids is 1. The quantitative estimate of drug-likeness (QED) is 0.344. The number of aromatic nitrogens is 1. The Kier molecular flexibility index (Phi) is 5.34. The van der Waals surface area contributed by atoms with Gasteiger partial charge in [-0.05, 0) is 43.7 Å². The van der Waals surface area contributed by atoms with E-state index in [1.165, 1.54) is 12.1 Å². The van der Waals surface area contributed by atoms with Gasteiger partial charge in [-0.3, -0.25) is 24.6 Å². The summed E-state index contributed by atoms with van der Waals surface area (Å²) >= 11 is 6.17. The number of thioether (sulfide) groups is 1. The highest BCUT2D eigenvalue weighted by atomic mass is 32.2. The Labute approximate surface area is 169 Å². The highest BCUT2D eigenvalue weighted by molar-refractivity contribution is 8.26. The van der Waals surface area contributed by atoms with Crippen LogP contribution in [0.4, 0.5) is 5.69 Å². The monoisotopic (exact) mass is 417 g/mol. The predicted molar refractivity (Wildman–Crippen MR) is 109 cm³/mol. The average Bonchev–Trinajstić information content (AvgIpc) is 3.05. The number of hydrogen-bond acceptors (Lipinski definition) is 6. The first kappa shape index (κ1) is 19.8. The summed E-state index contributed by atoms with van der Waals surface area (Å²) in [7, 11) is 0. The molecule has 3 rings (SSSR count). The number of rotatable bonds is 5. The highest BCUT2D eigenvalue weighted by Gasteiger charge is 2.33. The Hall–Kier alpha value is -2.98. The molecule has 10 heteroatoms. The normalized spacial score (nSPS) is 15.5. The number of carbonyl (C=O) groups excluding carboxylic acids is 1. The molecule has 0 radical (unpaired) electrons. The zero-order valence-electron chi connectivity index (χ0n) is 14.9. The third kappa shape index (κ3) is 3.69. The van der Waals surface area contributed by atoms with Crippen molar-refractivity contribution >= 4 is 51.9 Å². The number of aliphatic carboxylic acids is 1. The molecule has 8 nitrogen and oxygen atoms in total. The summed E-state index contributed by atoms with van der Waals surface area (Å²) in [4.78, 5) is 35.2. The fourth-order valence-electron chi connectivity index (χ4n) is 2.97. The maximum Gasteiger partial charge on any atom is 0.323 e. The fourth-order valence-corrected chi connectivity index (χ4v) is 4.21. The SMILES string of the molecule is Cc1cc(C=C2SC(=S)N(CC(=O)O)C2=O)c(C)n1-c1ccc([N+](=O)[O-])cc1. The third-order valence-corrected chi connectivity index (χ3v) is 5.62. The molecular weight excluding hydrogens is 402 g/mol. The van der Waals surface area contributed by atoms with E-state index < -0.39 is 23.3 Å². The Morgan fingerprint density at radius 1 is 1.32 bits per heavy atom. The molecule has 144 valence electrons. The van der Waals surface area contributed by atoms with Crippen LogP contribution < -0.4 is 0 Å². The van der Waals surface area contributed by atoms with Crippen molar-refractivity contribution in [1.82, 2.24) is 9.47 Å². The number of non-ortho nitro benzene ring substituents is 1. The van der Waals surface area contributed by atoms with Gasteiger partial charge in [0, 0.05) is 29.2 Å². The van der Waals surface area contributed by atoms with E-state index in [1.807, 2.05) is 24.5 Å². The average molecular weight is 417 g/mol. The minimum absolute atomic E-state index is 0.00791. The first-order valence-corrected chi connectivity index (χ1v) is 9.32. The van der Waals surface area contributed by atoms with Crippen LogP contribution >= 0.6 is 24.0 Å². The van der Waals surface area contributed by atoms with E-state index in [9.17, 15) is 19.7 Å². The second kappa shape index (κ2) is 7.56. The van der Waals surface area contributed by atoms with Gasteiger partial charge in [0.15, 0.2) is 0 Å². The van der Waals surface area contributed by atoms with E-state index >= 15 is 0 Å². The molecule has 0 spiro atoms. The lowest BCUT2D eigenvalue weighted by Crippen LogP contribution is -2.33. The molecule has 1 aromatic heterocycles. The number of nitro benzene ring substituents is 1. The summed E-state index contributed by atoms with van der Waals surface area (Å²) in [5.74, 6) is -1.56. The van der Waals surface area contributed by atoms with Crippen LogP contribution in [0.15, 0.2) is 35.2 Å². The van der Waals surface area contributed by atoms with Crippen LogP contribution in [0.2, 0.25) is 0 Å². The standard InChI is InChI=1S/C18H15N3O5S2/c1-10-7-12(8-15-17(24)19(9-16(22)23)18(27)28-15)11(2)20(10)13-3-5-14(6-4-13)21(25)26/h3-8H,9H2,1-2H3,(H,22,23). The van der Waals surface area contributed by atoms with Gasteiger partial charge >= 0.3 is 5.97 Å². The molecule has 1 aliphatic heterocycles. The van der Waals surface area contributed by atoms with Crippen LogP contribution in [0.3, 0.4) is 0 Å². The lowest BCUT2D eigenvalue weighted by molar-refractivity contribution is -0.384. The van der Waals surface area contributed by atoms with Gasteiger partial charge in [0.2, 0.25) is 0 Å². The first-order chi connectivity index (χ1) is 13.2. The van der Waals surface area contributed by atoms with Crippen LogP contribution in [-0.2, 0) is 9.59 Å². The number of aryl methyl sites for hydroxylation is 1. The number of nitro groups is 1. The van der Waals surface area contributed by atoms with E-state index in [0.29, 0.717) is 4.91 Å². The van der Waals surface area contributed by atoms with Crippen molar-refractivity contribution in [2.75, 3.05) is 6.54 Å². The van der Waals surface area contributed by atoms with Crippen molar-refractivity contribution in [2.45, 2.75) is 13.8 Å². The molecule has 0 atom stereocenters. The summed E-state index contributed by atoms with van der Waals surface area (Å²) in [6, 6.07) is 8.08. The summed E-state index contributed by atoms with van der Waals surface area (Å²) in [6.07, 6.45) is 1.69. The largest absolute Gasteiger partial charge is 0.480 e. The molecule has 1 aliphatic rings. The number of carboxylic acid groups (broad SMARTS) is 1. The lowest BCUT2D eigenvalue weighted by Gasteiger charge is -2.10. The second-order valence-electron chi connectivity index (χ2n) is 6.10. The van der Waals surface area contributed by atoms with Crippen molar-refractivity contribution in [3.05, 3.63) is 62.3 Å². The van der Waals surface area contributed by atoms with E-state index in [2.05, 4.69) is 0 Å². The number of carbonyl (C=O) groups is 2. The second-order valence-corrected chi connectivity index (χ2v) is 7.77. The summed E-state index contributed by atoms with van der Waals surface area (Å²) in [5, 5.41) is 19.8. The molecular formula is C18H15N3O5S2. The van der Waals surface area contributed by atoms with Gasteiger partial charge in [0.05, 0.1) is 9.83 Å². The number of nitrogens with zero attached hydrogens (tertiary/aromatic N) is 3. The van der Waals surface area contributed by atoms with Gasteiger partial charge in [0.1, 0.15) is 10.9 Å². The molecule has 1 fully saturated rings. The number of amides is 1. The number of benzene rings is 1. The molecule has 1 amide bonds. The molecule has 2 aromatic rings. The molecule has 0 unspecified atom stereocenters. The van der Waals surface area contributed by atoms with Crippen molar-refractivity contribution in [3.63, 3.8) is 0 Å². The summed E-state index contributed by atoms with van der Waals surface area (Å²) in [5.41, 5.74) is 3.28. The minimum atomic E-state index is -1.13. The van der Waals surface area contributed by atoms with Crippen LogP contribution in [0.25, 0.3) is 11.8 Å². The third-order valence-electron chi connectivity index (χ3n) is 4.24. The first-order valence-electron chi connectivity index (χ1n) is 8.10. The summed E-state index contributed by atoms with van der Waals surface area (Å²) in [6.45, 7) is 3.30. The number of thiocarbonyl (C=S) groups is 1. The van der Waals surface area contributed by atoms with Crippen molar-refractivity contribution in [2.24, 2.45) is 0 Å². The summed E-state index contributed by atoms with van der Waals surface area (Å²) < 4.78 is 2.14. The van der Waals surface area contributed by atoms with E-state index in [1.54, 1.807) is 18.2 Å². The van der Waals surface area contributed by atoms with Gasteiger partial charge in [-0.25, -0.2) is 0 Å². The zero-order chi connectivity index (χ0) is 20.6. The zero-order valence-corrected chi connectivity index (χ0v) is 16.5. The number of hydrogen-bond donors (Lipinski definition) is 1. The van der Waals surface area contributed by atoms with Crippen molar-refractivity contribution < 1.29 is 19.6 Å². The van der Waals surface area contributed by atoms with Gasteiger partial charge in [0.25, 0.3) is 11.6 Å². The smallest absolute Gasteiger partial charge is 0.323 e. The molecule has 1 aromatic carbocycles. The maximum atomic E-state index is 12.4. The molecule has 0 saturated carbocycles. The molecule has 2 heterocycles. The van der Waals surface area contributed by atoms with Crippen LogP contribution in [0.1, 0.15) is 17.0 Å². The van der Waals surface area contributed by atoms with Crippen LogP contribution in [-0.4, -0.2) is 42.2 Å². The lowest BCUT2D eigenvalue weighted by atomic mass is 10.2. The van der Waals surface area contributed by atoms with Gasteiger partial charge in [-0.2, -0.15) is 0 Å². The molecule has 0 aliphatic carbocycles. The molecule has 28 heavy (non-hydrogen) atoms. The Bertz CT molecular complexity index is 1040. The molecule has 1 N–H and O–H groups in total. The Balaban J connectivity index is 1.95. The highest BCUT2D eigenvalue weighted by Crippen LogP contribution is 2.34. The Morgan fingerprint density at radius 2 is 1.96 bits per heavy atom. The van der Waals surface area contributed by atoms with E-state index in [4.69, 9.17) is 17.3 Å². The maximum absolute atomic E-state index is 12.4. The van der Waals surface area contributed by atoms with Gasteiger partial charge in [-0.1, -0.05) is 24.0 Å². The fraction of sp³-hybridized carbons (Fsp3) is 0.167. The molecule has 1 saturated heterocycles. The topological polar surface area (TPSA) is 106 Å². The predicted octanol–water partition coefficient (Wildman–Crippen LogP) is 3.29. The van der Waals surface area contributed by atoms with Gasteiger partial charge < -0.3 is 9.67 Å². The van der Waals surface area contributed by atoms with Crippen LogP contribution in [0.5, 0.6) is 0 Å². The van der Waals surface area contributed by atoms with E-state index in [0.717, 1.165) is 39.3 Å². The van der Waals surface area contributed by atoms with Crippen LogP contribution in [0, 0.1) is 24.0 Å². The van der Waals surface area contributed by atoms with Crippen molar-refractivity contribution in [1.29, 1.82) is 0 Å². The minimum Gasteiger partial charge on any atom is -0.480 e. The molecule has 0 bridgehead atoms. The Morgan fingerprint density at radius 3 is 2.54 bits per heavy atom.